The SMILES string of the molecule is O=c1c(N2CC3CCCNC3C2)c(Cl)cnn1CC1CC1. The summed E-state index contributed by atoms with van der Waals surface area (Å²) in [5.41, 5.74) is 0.636. The van der Waals surface area contributed by atoms with E-state index in [-0.39, 0.29) is 5.56 Å². The molecule has 1 N–H and O–H groups in total. The van der Waals surface area contributed by atoms with Gasteiger partial charge in [0.05, 0.1) is 11.2 Å². The molecule has 21 heavy (non-hydrogen) atoms. The van der Waals surface area contributed by atoms with E-state index in [9.17, 15) is 4.79 Å². The molecule has 3 heterocycles. The Hall–Kier alpha value is -1.07. The number of halogens is 1. The molecular weight excluding hydrogens is 288 g/mol. The smallest absolute Gasteiger partial charge is 0.291 e. The lowest BCUT2D eigenvalue weighted by Crippen LogP contribution is -2.41. The van der Waals surface area contributed by atoms with E-state index in [2.05, 4.69) is 15.3 Å². The highest BCUT2D eigenvalue weighted by Crippen LogP contribution is 2.32. The number of rotatable bonds is 3. The van der Waals surface area contributed by atoms with Crippen LogP contribution in [0, 0.1) is 11.8 Å². The van der Waals surface area contributed by atoms with Gasteiger partial charge in [0.15, 0.2) is 0 Å². The summed E-state index contributed by atoms with van der Waals surface area (Å²) in [6, 6.07) is 0.499. The molecule has 0 bridgehead atoms. The predicted octanol–water partition coefficient (Wildman–Crippen LogP) is 1.49. The molecule has 1 aromatic heterocycles. The van der Waals surface area contributed by atoms with E-state index in [1.54, 1.807) is 10.9 Å². The molecule has 4 rings (SSSR count). The van der Waals surface area contributed by atoms with Gasteiger partial charge >= 0.3 is 0 Å². The number of hydrogen-bond acceptors (Lipinski definition) is 4. The third-order valence-corrected chi connectivity index (χ3v) is 5.29. The standard InChI is InChI=1S/C15H21ClN4O/c16-12-6-18-20(7-10-3-4-10)15(21)14(12)19-8-11-2-1-5-17-13(11)9-19/h6,10-11,13,17H,1-5,7-9H2. The molecule has 2 unspecified atom stereocenters. The van der Waals surface area contributed by atoms with Crippen LogP contribution in [0.25, 0.3) is 0 Å². The van der Waals surface area contributed by atoms with Gasteiger partial charge < -0.3 is 10.2 Å². The lowest BCUT2D eigenvalue weighted by Gasteiger charge is -2.24. The van der Waals surface area contributed by atoms with Crippen LogP contribution in [-0.4, -0.2) is 35.5 Å². The van der Waals surface area contributed by atoms with Crippen molar-refractivity contribution in [2.24, 2.45) is 11.8 Å². The second-order valence-corrected chi connectivity index (χ2v) is 7.05. The van der Waals surface area contributed by atoms with Crippen molar-refractivity contribution in [1.82, 2.24) is 15.1 Å². The van der Waals surface area contributed by atoms with Crippen LogP contribution in [0.2, 0.25) is 5.02 Å². The van der Waals surface area contributed by atoms with Crippen molar-refractivity contribution in [1.29, 1.82) is 0 Å². The van der Waals surface area contributed by atoms with Crippen molar-refractivity contribution >= 4 is 17.3 Å². The fourth-order valence-electron chi connectivity index (χ4n) is 3.65. The van der Waals surface area contributed by atoms with Crippen molar-refractivity contribution in [3.63, 3.8) is 0 Å². The van der Waals surface area contributed by atoms with Gasteiger partial charge in [0, 0.05) is 25.7 Å². The monoisotopic (exact) mass is 308 g/mol. The molecule has 3 fully saturated rings. The molecule has 2 saturated heterocycles. The highest BCUT2D eigenvalue weighted by Gasteiger charge is 2.36. The number of piperidine rings is 1. The summed E-state index contributed by atoms with van der Waals surface area (Å²) in [5.74, 6) is 1.27. The summed E-state index contributed by atoms with van der Waals surface area (Å²) in [6.45, 7) is 3.64. The average molecular weight is 309 g/mol. The largest absolute Gasteiger partial charge is 0.364 e. The Morgan fingerprint density at radius 1 is 1.33 bits per heavy atom. The Morgan fingerprint density at radius 3 is 2.95 bits per heavy atom. The van der Waals surface area contributed by atoms with Crippen molar-refractivity contribution in [2.75, 3.05) is 24.5 Å². The molecule has 5 nitrogen and oxygen atoms in total. The molecule has 0 amide bonds. The zero-order valence-corrected chi connectivity index (χ0v) is 12.9. The fraction of sp³-hybridized carbons (Fsp3) is 0.733. The van der Waals surface area contributed by atoms with Gasteiger partial charge in [-0.2, -0.15) is 5.10 Å². The Balaban J connectivity index is 1.63. The molecule has 1 aliphatic carbocycles. The third-order valence-electron chi connectivity index (χ3n) is 5.02. The number of hydrogen-bond donors (Lipinski definition) is 1. The number of nitrogens with one attached hydrogen (secondary N) is 1. The normalized spacial score (nSPS) is 28.7. The quantitative estimate of drug-likeness (QED) is 0.919. The zero-order valence-electron chi connectivity index (χ0n) is 12.1. The third kappa shape index (κ3) is 2.57. The maximum absolute atomic E-state index is 12.7. The van der Waals surface area contributed by atoms with Crippen LogP contribution < -0.4 is 15.8 Å². The van der Waals surface area contributed by atoms with Crippen molar-refractivity contribution in [3.05, 3.63) is 21.6 Å². The molecule has 114 valence electrons. The highest BCUT2D eigenvalue weighted by molar-refractivity contribution is 6.33. The van der Waals surface area contributed by atoms with Gasteiger partial charge in [-0.1, -0.05) is 11.6 Å². The maximum atomic E-state index is 12.7. The Morgan fingerprint density at radius 2 is 2.19 bits per heavy atom. The highest BCUT2D eigenvalue weighted by atomic mass is 35.5. The topological polar surface area (TPSA) is 50.2 Å². The van der Waals surface area contributed by atoms with Gasteiger partial charge in [-0.05, 0) is 44.1 Å². The van der Waals surface area contributed by atoms with Crippen LogP contribution in [0.5, 0.6) is 0 Å². The van der Waals surface area contributed by atoms with Gasteiger partial charge in [0.2, 0.25) is 0 Å². The van der Waals surface area contributed by atoms with Crippen LogP contribution in [-0.2, 0) is 6.54 Å². The first-order valence-electron chi connectivity index (χ1n) is 7.96. The first kappa shape index (κ1) is 13.6. The van der Waals surface area contributed by atoms with E-state index in [1.165, 1.54) is 25.7 Å². The second kappa shape index (κ2) is 5.29. The van der Waals surface area contributed by atoms with Gasteiger partial charge in [-0.25, -0.2) is 4.68 Å². The molecule has 6 heteroatoms. The molecule has 0 spiro atoms. The van der Waals surface area contributed by atoms with Crippen molar-refractivity contribution in [3.8, 4) is 0 Å². The predicted molar refractivity (Wildman–Crippen MR) is 83.0 cm³/mol. The molecular formula is C15H21ClN4O. The number of fused-ring (bicyclic) bond motifs is 1. The minimum Gasteiger partial charge on any atom is -0.364 e. The zero-order chi connectivity index (χ0) is 14.4. The molecule has 1 saturated carbocycles. The van der Waals surface area contributed by atoms with E-state index in [4.69, 9.17) is 11.6 Å². The van der Waals surface area contributed by atoms with E-state index >= 15 is 0 Å². The van der Waals surface area contributed by atoms with Crippen LogP contribution in [0.1, 0.15) is 25.7 Å². The number of nitrogens with zero attached hydrogens (tertiary/aromatic N) is 3. The van der Waals surface area contributed by atoms with E-state index in [0.29, 0.717) is 28.6 Å². The first-order chi connectivity index (χ1) is 10.2. The summed E-state index contributed by atoms with van der Waals surface area (Å²) >= 11 is 6.29. The maximum Gasteiger partial charge on any atom is 0.291 e. The van der Waals surface area contributed by atoms with E-state index < -0.39 is 0 Å². The summed E-state index contributed by atoms with van der Waals surface area (Å²) in [6.07, 6.45) is 6.53. The lowest BCUT2D eigenvalue weighted by atomic mass is 9.94. The summed E-state index contributed by atoms with van der Waals surface area (Å²) in [4.78, 5) is 14.9. The van der Waals surface area contributed by atoms with Gasteiger partial charge in [0.25, 0.3) is 5.56 Å². The summed E-state index contributed by atoms with van der Waals surface area (Å²) in [7, 11) is 0. The Bertz CT molecular complexity index is 584. The number of aromatic nitrogens is 2. The molecule has 0 aromatic carbocycles. The van der Waals surface area contributed by atoms with Crippen LogP contribution in [0.4, 0.5) is 5.69 Å². The first-order valence-corrected chi connectivity index (χ1v) is 8.34. The van der Waals surface area contributed by atoms with Gasteiger partial charge in [-0.15, -0.1) is 0 Å². The molecule has 1 aromatic rings. The molecule has 2 aliphatic heterocycles. The summed E-state index contributed by atoms with van der Waals surface area (Å²) in [5, 5.41) is 8.27. The van der Waals surface area contributed by atoms with Gasteiger partial charge in [0.1, 0.15) is 5.69 Å². The fourth-order valence-corrected chi connectivity index (χ4v) is 3.89. The van der Waals surface area contributed by atoms with Crippen molar-refractivity contribution < 1.29 is 0 Å². The van der Waals surface area contributed by atoms with Gasteiger partial charge in [-0.3, -0.25) is 4.79 Å². The average Bonchev–Trinajstić information content (AvgIpc) is 3.19. The summed E-state index contributed by atoms with van der Waals surface area (Å²) < 4.78 is 1.61. The Labute approximate surface area is 129 Å². The van der Waals surface area contributed by atoms with Crippen LogP contribution in [0.15, 0.2) is 11.0 Å². The Kier molecular flexibility index (Phi) is 3.42. The van der Waals surface area contributed by atoms with Crippen molar-refractivity contribution in [2.45, 2.75) is 38.3 Å². The van der Waals surface area contributed by atoms with E-state index in [0.717, 1.165) is 26.2 Å². The molecule has 2 atom stereocenters. The van der Waals surface area contributed by atoms with Crippen LogP contribution >= 0.6 is 11.6 Å². The van der Waals surface area contributed by atoms with E-state index in [1.807, 2.05) is 0 Å². The molecule has 3 aliphatic rings. The minimum absolute atomic E-state index is 0.0203. The van der Waals surface area contributed by atoms with Crippen LogP contribution in [0.3, 0.4) is 0 Å². The minimum atomic E-state index is -0.0203. The number of anilines is 1. The molecule has 0 radical (unpaired) electrons. The second-order valence-electron chi connectivity index (χ2n) is 6.64. The lowest BCUT2D eigenvalue weighted by molar-refractivity contribution is 0.340.